The van der Waals surface area contributed by atoms with Crippen LogP contribution in [0, 0.1) is 6.92 Å². The first-order valence-electron chi connectivity index (χ1n) is 3.39. The minimum atomic E-state index is -0.886. The van der Waals surface area contributed by atoms with Crippen molar-refractivity contribution in [1.29, 1.82) is 0 Å². The van der Waals surface area contributed by atoms with Crippen LogP contribution in [0.3, 0.4) is 0 Å². The van der Waals surface area contributed by atoms with Gasteiger partial charge in [-0.1, -0.05) is 0 Å². The Labute approximate surface area is 69.5 Å². The fourth-order valence-electron chi connectivity index (χ4n) is 0.866. The number of thiophene rings is 1. The molecule has 0 spiro atoms. The Hall–Kier alpha value is -0.670. The molecule has 0 saturated carbocycles. The van der Waals surface area contributed by atoms with E-state index in [1.165, 1.54) is 18.3 Å². The van der Waals surface area contributed by atoms with E-state index in [1.807, 2.05) is 12.3 Å². The minimum Gasteiger partial charge on any atom is -0.385 e. The summed E-state index contributed by atoms with van der Waals surface area (Å²) in [4.78, 5) is 12.2. The molecule has 1 aromatic rings. The van der Waals surface area contributed by atoms with E-state index in [9.17, 15) is 4.79 Å². The third kappa shape index (κ3) is 1.67. The fourth-order valence-corrected chi connectivity index (χ4v) is 1.57. The maximum Gasteiger partial charge on any atom is 0.192 e. The highest BCUT2D eigenvalue weighted by atomic mass is 32.1. The lowest BCUT2D eigenvalue weighted by Crippen LogP contribution is -2.15. The monoisotopic (exact) mass is 170 g/mol. The van der Waals surface area contributed by atoms with Crippen LogP contribution in [0.15, 0.2) is 11.4 Å². The summed E-state index contributed by atoms with van der Waals surface area (Å²) >= 11 is 1.52. The predicted molar refractivity (Wildman–Crippen MR) is 45.1 cm³/mol. The molecule has 0 bridgehead atoms. The zero-order valence-corrected chi connectivity index (χ0v) is 7.31. The number of Topliss-reactive ketones (excluding diaryl/α,β-unsaturated/α-hetero) is 1. The summed E-state index contributed by atoms with van der Waals surface area (Å²) in [6.45, 7) is 3.36. The van der Waals surface area contributed by atoms with Crippen molar-refractivity contribution in [2.75, 3.05) is 0 Å². The molecule has 0 aliphatic rings. The van der Waals surface area contributed by atoms with E-state index < -0.39 is 6.10 Å². The smallest absolute Gasteiger partial charge is 0.192 e. The zero-order chi connectivity index (χ0) is 8.43. The Balaban J connectivity index is 2.93. The van der Waals surface area contributed by atoms with Crippen LogP contribution in [0.5, 0.6) is 0 Å². The number of aliphatic hydroxyl groups is 1. The Morgan fingerprint density at radius 1 is 1.73 bits per heavy atom. The van der Waals surface area contributed by atoms with Crippen LogP contribution >= 0.6 is 11.3 Å². The van der Waals surface area contributed by atoms with Crippen LogP contribution in [-0.4, -0.2) is 17.0 Å². The van der Waals surface area contributed by atoms with Crippen LogP contribution < -0.4 is 0 Å². The average molecular weight is 170 g/mol. The maximum atomic E-state index is 11.2. The highest BCUT2D eigenvalue weighted by molar-refractivity contribution is 7.10. The van der Waals surface area contributed by atoms with Crippen LogP contribution in [0.2, 0.25) is 0 Å². The third-order valence-corrected chi connectivity index (χ3v) is 2.35. The predicted octanol–water partition coefficient (Wildman–Crippen LogP) is 1.62. The van der Waals surface area contributed by atoms with Gasteiger partial charge in [-0.2, -0.15) is 0 Å². The molecule has 0 radical (unpaired) electrons. The molecule has 11 heavy (non-hydrogen) atoms. The van der Waals surface area contributed by atoms with Gasteiger partial charge >= 0.3 is 0 Å². The van der Waals surface area contributed by atoms with Gasteiger partial charge in [0, 0.05) is 10.4 Å². The summed E-state index contributed by atoms with van der Waals surface area (Å²) in [6.07, 6.45) is -0.886. The average Bonchev–Trinajstić information content (AvgIpc) is 2.33. The minimum absolute atomic E-state index is 0.191. The van der Waals surface area contributed by atoms with Crippen molar-refractivity contribution in [2.24, 2.45) is 0 Å². The number of hydrogen-bond acceptors (Lipinski definition) is 3. The van der Waals surface area contributed by atoms with Crippen molar-refractivity contribution >= 4 is 17.1 Å². The van der Waals surface area contributed by atoms with Crippen molar-refractivity contribution in [3.63, 3.8) is 0 Å². The molecule has 0 aromatic carbocycles. The molecule has 0 amide bonds. The van der Waals surface area contributed by atoms with Gasteiger partial charge in [-0.05, 0) is 25.3 Å². The van der Waals surface area contributed by atoms with Crippen molar-refractivity contribution < 1.29 is 9.90 Å². The van der Waals surface area contributed by atoms with Crippen molar-refractivity contribution in [1.82, 2.24) is 0 Å². The van der Waals surface area contributed by atoms with Crippen molar-refractivity contribution in [3.05, 3.63) is 21.9 Å². The third-order valence-electron chi connectivity index (χ3n) is 1.50. The summed E-state index contributed by atoms with van der Waals surface area (Å²) in [5, 5.41) is 10.8. The van der Waals surface area contributed by atoms with Crippen LogP contribution in [0.25, 0.3) is 0 Å². The van der Waals surface area contributed by atoms with E-state index in [0.29, 0.717) is 5.56 Å². The van der Waals surface area contributed by atoms with Gasteiger partial charge in [0.1, 0.15) is 6.10 Å². The van der Waals surface area contributed by atoms with E-state index in [2.05, 4.69) is 0 Å². The SMILES string of the molecule is Cc1sccc1C(=O)C(C)O. The van der Waals surface area contributed by atoms with E-state index in [-0.39, 0.29) is 5.78 Å². The largest absolute Gasteiger partial charge is 0.385 e. The topological polar surface area (TPSA) is 37.3 Å². The molecule has 3 heteroatoms. The molecule has 60 valence electrons. The second-order valence-electron chi connectivity index (χ2n) is 2.43. The molecule has 1 heterocycles. The summed E-state index contributed by atoms with van der Waals surface area (Å²) in [6, 6.07) is 1.75. The second-order valence-corrected chi connectivity index (χ2v) is 3.55. The van der Waals surface area contributed by atoms with Gasteiger partial charge < -0.3 is 5.11 Å². The Morgan fingerprint density at radius 2 is 2.36 bits per heavy atom. The summed E-state index contributed by atoms with van der Waals surface area (Å²) in [5.41, 5.74) is 0.644. The second kappa shape index (κ2) is 3.15. The molecule has 1 N–H and O–H groups in total. The fraction of sp³-hybridized carbons (Fsp3) is 0.375. The number of hydrogen-bond donors (Lipinski definition) is 1. The number of aryl methyl sites for hydroxylation is 1. The first kappa shape index (κ1) is 8.43. The number of ketones is 1. The molecular formula is C8H10O2S. The molecule has 0 aliphatic carbocycles. The molecule has 2 nitrogen and oxygen atoms in total. The Bertz CT molecular complexity index is 263. The Morgan fingerprint density at radius 3 is 2.73 bits per heavy atom. The number of carbonyl (C=O) groups excluding carboxylic acids is 1. The van der Waals surface area contributed by atoms with Crippen LogP contribution in [0.4, 0.5) is 0 Å². The summed E-state index contributed by atoms with van der Waals surface area (Å²) < 4.78 is 0. The van der Waals surface area contributed by atoms with E-state index >= 15 is 0 Å². The highest BCUT2D eigenvalue weighted by Crippen LogP contribution is 2.16. The van der Waals surface area contributed by atoms with E-state index in [4.69, 9.17) is 5.11 Å². The molecule has 0 saturated heterocycles. The van der Waals surface area contributed by atoms with Crippen molar-refractivity contribution in [2.45, 2.75) is 20.0 Å². The first-order valence-corrected chi connectivity index (χ1v) is 4.27. The van der Waals surface area contributed by atoms with Gasteiger partial charge in [0.2, 0.25) is 0 Å². The standard InChI is InChI=1S/C8H10O2S/c1-5(9)8(10)7-3-4-11-6(7)2/h3-5,9H,1-2H3. The first-order chi connectivity index (χ1) is 5.13. The molecule has 1 unspecified atom stereocenters. The maximum absolute atomic E-state index is 11.2. The Kier molecular flexibility index (Phi) is 2.42. The summed E-state index contributed by atoms with van der Waals surface area (Å²) in [5.74, 6) is -0.191. The molecular weight excluding hydrogens is 160 g/mol. The van der Waals surface area contributed by atoms with Gasteiger partial charge in [0.05, 0.1) is 0 Å². The van der Waals surface area contributed by atoms with Gasteiger partial charge in [0.25, 0.3) is 0 Å². The lowest BCUT2D eigenvalue weighted by Gasteiger charge is -2.00. The highest BCUT2D eigenvalue weighted by Gasteiger charge is 2.14. The number of rotatable bonds is 2. The molecule has 1 aromatic heterocycles. The quantitative estimate of drug-likeness (QED) is 0.685. The van der Waals surface area contributed by atoms with Gasteiger partial charge in [-0.3, -0.25) is 4.79 Å². The lowest BCUT2D eigenvalue weighted by molar-refractivity contribution is 0.0779. The molecule has 0 fully saturated rings. The molecule has 0 aliphatic heterocycles. The number of carbonyl (C=O) groups is 1. The number of aliphatic hydroxyl groups excluding tert-OH is 1. The van der Waals surface area contributed by atoms with Gasteiger partial charge in [-0.15, -0.1) is 11.3 Å². The van der Waals surface area contributed by atoms with Gasteiger partial charge in [-0.25, -0.2) is 0 Å². The molecule has 1 rings (SSSR count). The lowest BCUT2D eigenvalue weighted by atomic mass is 10.1. The summed E-state index contributed by atoms with van der Waals surface area (Å²) in [7, 11) is 0. The van der Waals surface area contributed by atoms with Crippen LogP contribution in [-0.2, 0) is 0 Å². The normalized spacial score (nSPS) is 13.0. The van der Waals surface area contributed by atoms with Crippen LogP contribution in [0.1, 0.15) is 22.2 Å². The van der Waals surface area contributed by atoms with E-state index in [1.54, 1.807) is 6.07 Å². The van der Waals surface area contributed by atoms with Crippen molar-refractivity contribution in [3.8, 4) is 0 Å². The zero-order valence-electron chi connectivity index (χ0n) is 6.50. The van der Waals surface area contributed by atoms with Gasteiger partial charge in [0.15, 0.2) is 5.78 Å². The molecule has 1 atom stereocenters. The van der Waals surface area contributed by atoms with E-state index in [0.717, 1.165) is 4.88 Å².